The molecule has 1 rings (SSSR count). The van der Waals surface area contributed by atoms with Crippen LogP contribution in [0.4, 0.5) is 0 Å². The third-order valence-electron chi connectivity index (χ3n) is 2.33. The molecule has 82 valence electrons. The number of hydrogen-bond donors (Lipinski definition) is 3. The van der Waals surface area contributed by atoms with Gasteiger partial charge in [0.25, 0.3) is 0 Å². The Labute approximate surface area is 87.8 Å². The van der Waals surface area contributed by atoms with Crippen LogP contribution in [0.25, 0.3) is 0 Å². The maximum absolute atomic E-state index is 10.9. The number of carboxylic acids is 1. The predicted octanol–water partition coefficient (Wildman–Crippen LogP) is 0.843. The first-order valence-electron chi connectivity index (χ1n) is 4.74. The molecule has 0 aliphatic rings. The summed E-state index contributed by atoms with van der Waals surface area (Å²) in [5, 5.41) is 26.8. The zero-order valence-corrected chi connectivity index (χ0v) is 8.26. The van der Waals surface area contributed by atoms with E-state index in [-0.39, 0.29) is 24.7 Å². The molecule has 0 aliphatic heterocycles. The van der Waals surface area contributed by atoms with E-state index in [9.17, 15) is 4.79 Å². The van der Waals surface area contributed by atoms with Gasteiger partial charge in [0.15, 0.2) is 0 Å². The van der Waals surface area contributed by atoms with Crippen LogP contribution in [-0.4, -0.2) is 34.5 Å². The fourth-order valence-electron chi connectivity index (χ4n) is 1.55. The Bertz CT molecular complexity index is 335. The second kappa shape index (κ2) is 5.48. The number of aromatic carboxylic acids is 1. The fraction of sp³-hybridized carbons (Fsp3) is 0.364. The van der Waals surface area contributed by atoms with E-state index in [0.29, 0.717) is 12.0 Å². The van der Waals surface area contributed by atoms with Crippen LogP contribution in [0, 0.1) is 0 Å². The highest BCUT2D eigenvalue weighted by Crippen LogP contribution is 2.22. The Kier molecular flexibility index (Phi) is 4.27. The molecule has 3 N–H and O–H groups in total. The molecule has 4 heteroatoms. The molecule has 0 saturated carbocycles. The lowest BCUT2D eigenvalue weighted by atomic mass is 9.92. The third kappa shape index (κ3) is 2.78. The summed E-state index contributed by atoms with van der Waals surface area (Å²) in [7, 11) is 0. The molecule has 1 atom stereocenters. The van der Waals surface area contributed by atoms with Crippen molar-refractivity contribution in [3.8, 4) is 0 Å². The molecule has 0 spiro atoms. The lowest BCUT2D eigenvalue weighted by Gasteiger charge is -2.15. The Morgan fingerprint density at radius 1 is 1.27 bits per heavy atom. The minimum absolute atomic E-state index is 0.0703. The van der Waals surface area contributed by atoms with Gasteiger partial charge in [-0.2, -0.15) is 0 Å². The summed E-state index contributed by atoms with van der Waals surface area (Å²) in [6, 6.07) is 6.53. The van der Waals surface area contributed by atoms with E-state index >= 15 is 0 Å². The number of aliphatic hydroxyl groups excluding tert-OH is 2. The van der Waals surface area contributed by atoms with Gasteiger partial charge in [0.2, 0.25) is 0 Å². The summed E-state index contributed by atoms with van der Waals surface area (Å²) in [5.74, 6) is -1.33. The number of hydrogen-bond acceptors (Lipinski definition) is 3. The van der Waals surface area contributed by atoms with Crippen LogP contribution in [0.3, 0.4) is 0 Å². The van der Waals surface area contributed by atoms with Crippen LogP contribution in [0.15, 0.2) is 24.3 Å². The van der Waals surface area contributed by atoms with Crippen molar-refractivity contribution in [2.45, 2.75) is 12.3 Å². The van der Waals surface area contributed by atoms with Gasteiger partial charge in [-0.1, -0.05) is 18.2 Å². The summed E-state index contributed by atoms with van der Waals surface area (Å²) < 4.78 is 0. The molecule has 0 fully saturated rings. The molecule has 0 saturated heterocycles. The van der Waals surface area contributed by atoms with E-state index in [1.807, 2.05) is 0 Å². The van der Waals surface area contributed by atoms with E-state index in [2.05, 4.69) is 0 Å². The van der Waals surface area contributed by atoms with Crippen LogP contribution < -0.4 is 0 Å². The highest BCUT2D eigenvalue weighted by Gasteiger charge is 2.17. The molecule has 1 unspecified atom stereocenters. The van der Waals surface area contributed by atoms with Crippen LogP contribution in [-0.2, 0) is 0 Å². The maximum atomic E-state index is 10.9. The number of carboxylic acid groups (broad SMARTS) is 1. The average Bonchev–Trinajstić information content (AvgIpc) is 2.26. The topological polar surface area (TPSA) is 77.8 Å². The van der Waals surface area contributed by atoms with Gasteiger partial charge in [-0.05, 0) is 18.1 Å². The second-order valence-electron chi connectivity index (χ2n) is 3.28. The van der Waals surface area contributed by atoms with Crippen LogP contribution in [0.2, 0.25) is 0 Å². The molecule has 0 radical (unpaired) electrons. The average molecular weight is 210 g/mol. The Balaban J connectivity index is 3.04. The molecule has 1 aromatic carbocycles. The zero-order chi connectivity index (χ0) is 11.3. The van der Waals surface area contributed by atoms with Crippen LogP contribution >= 0.6 is 0 Å². The van der Waals surface area contributed by atoms with Gasteiger partial charge in [-0.3, -0.25) is 0 Å². The van der Waals surface area contributed by atoms with Crippen LogP contribution in [0.5, 0.6) is 0 Å². The molecule has 4 nitrogen and oxygen atoms in total. The molecule has 15 heavy (non-hydrogen) atoms. The van der Waals surface area contributed by atoms with Crippen molar-refractivity contribution < 1.29 is 20.1 Å². The quantitative estimate of drug-likeness (QED) is 0.673. The standard InChI is InChI=1S/C11H14O4/c12-6-5-8(7-13)9-3-1-2-4-10(9)11(14)15/h1-4,8,12-13H,5-7H2,(H,14,15). The second-order valence-corrected chi connectivity index (χ2v) is 3.28. The first kappa shape index (κ1) is 11.7. The van der Waals surface area contributed by atoms with Crippen molar-refractivity contribution >= 4 is 5.97 Å². The minimum Gasteiger partial charge on any atom is -0.478 e. The highest BCUT2D eigenvalue weighted by atomic mass is 16.4. The molecule has 0 bridgehead atoms. The molecular weight excluding hydrogens is 196 g/mol. The minimum atomic E-state index is -1.01. The van der Waals surface area contributed by atoms with Gasteiger partial charge < -0.3 is 15.3 Å². The lowest BCUT2D eigenvalue weighted by molar-refractivity contribution is 0.0694. The van der Waals surface area contributed by atoms with E-state index in [4.69, 9.17) is 15.3 Å². The smallest absolute Gasteiger partial charge is 0.335 e. The van der Waals surface area contributed by atoms with Crippen LogP contribution in [0.1, 0.15) is 28.3 Å². The highest BCUT2D eigenvalue weighted by molar-refractivity contribution is 5.89. The number of benzene rings is 1. The Morgan fingerprint density at radius 2 is 1.93 bits per heavy atom. The fourth-order valence-corrected chi connectivity index (χ4v) is 1.55. The molecule has 1 aromatic rings. The third-order valence-corrected chi connectivity index (χ3v) is 2.33. The molecule has 0 aromatic heterocycles. The zero-order valence-electron chi connectivity index (χ0n) is 8.26. The molecule has 0 aliphatic carbocycles. The molecular formula is C11H14O4. The van der Waals surface area contributed by atoms with Crippen molar-refractivity contribution in [3.63, 3.8) is 0 Å². The van der Waals surface area contributed by atoms with E-state index in [0.717, 1.165) is 0 Å². The normalized spacial score (nSPS) is 12.4. The summed E-state index contributed by atoms with van der Waals surface area (Å²) >= 11 is 0. The number of aliphatic hydroxyl groups is 2. The van der Waals surface area contributed by atoms with E-state index in [1.165, 1.54) is 6.07 Å². The van der Waals surface area contributed by atoms with Crippen molar-refractivity contribution in [1.82, 2.24) is 0 Å². The largest absolute Gasteiger partial charge is 0.478 e. The number of rotatable bonds is 5. The van der Waals surface area contributed by atoms with Gasteiger partial charge in [-0.25, -0.2) is 4.79 Å². The summed E-state index contributed by atoms with van der Waals surface area (Å²) in [4.78, 5) is 10.9. The summed E-state index contributed by atoms with van der Waals surface area (Å²) in [6.45, 7) is -0.232. The predicted molar refractivity (Wildman–Crippen MR) is 54.9 cm³/mol. The van der Waals surface area contributed by atoms with Gasteiger partial charge in [0, 0.05) is 12.5 Å². The lowest BCUT2D eigenvalue weighted by Crippen LogP contribution is -2.11. The molecule has 0 heterocycles. The maximum Gasteiger partial charge on any atom is 0.335 e. The van der Waals surface area contributed by atoms with Gasteiger partial charge in [-0.15, -0.1) is 0 Å². The first-order valence-corrected chi connectivity index (χ1v) is 4.74. The Morgan fingerprint density at radius 3 is 2.47 bits per heavy atom. The van der Waals surface area contributed by atoms with Crippen molar-refractivity contribution in [1.29, 1.82) is 0 Å². The monoisotopic (exact) mass is 210 g/mol. The van der Waals surface area contributed by atoms with Crippen molar-refractivity contribution in [2.24, 2.45) is 0 Å². The van der Waals surface area contributed by atoms with E-state index in [1.54, 1.807) is 18.2 Å². The molecule has 0 amide bonds. The van der Waals surface area contributed by atoms with Crippen molar-refractivity contribution in [2.75, 3.05) is 13.2 Å². The van der Waals surface area contributed by atoms with E-state index < -0.39 is 5.97 Å². The van der Waals surface area contributed by atoms with Gasteiger partial charge in [0.1, 0.15) is 0 Å². The number of carbonyl (C=O) groups is 1. The first-order chi connectivity index (χ1) is 7.20. The van der Waals surface area contributed by atoms with Crippen molar-refractivity contribution in [3.05, 3.63) is 35.4 Å². The van der Waals surface area contributed by atoms with Gasteiger partial charge in [0.05, 0.1) is 12.2 Å². The summed E-state index contributed by atoms with van der Waals surface area (Å²) in [6.07, 6.45) is 0.362. The van der Waals surface area contributed by atoms with Gasteiger partial charge >= 0.3 is 5.97 Å². The summed E-state index contributed by atoms with van der Waals surface area (Å²) in [5.41, 5.74) is 0.756. The SMILES string of the molecule is O=C(O)c1ccccc1C(CO)CCO. The Hall–Kier alpha value is -1.39.